The molecule has 33 heavy (non-hydrogen) atoms. The molecule has 0 radical (unpaired) electrons. The molecule has 1 amide bonds. The molecule has 0 saturated heterocycles. The third kappa shape index (κ3) is 5.40. The van der Waals surface area contributed by atoms with Crippen LogP contribution in [0.25, 0.3) is 0 Å². The molecule has 0 unspecified atom stereocenters. The number of anilines is 1. The molecule has 1 fully saturated rings. The second kappa shape index (κ2) is 9.57. The number of nitrogens with one attached hydrogen (secondary N) is 2. The molecule has 4 rings (SSSR count). The summed E-state index contributed by atoms with van der Waals surface area (Å²) in [5.41, 5.74) is 2.92. The summed E-state index contributed by atoms with van der Waals surface area (Å²) in [4.78, 5) is 13.0. The van der Waals surface area contributed by atoms with Gasteiger partial charge in [-0.3, -0.25) is 9.52 Å². The van der Waals surface area contributed by atoms with Crippen molar-refractivity contribution in [2.75, 3.05) is 11.3 Å². The largest absolute Gasteiger partial charge is 0.355 e. The number of sulfonamides is 1. The fourth-order valence-electron chi connectivity index (χ4n) is 3.89. The lowest BCUT2D eigenvalue weighted by molar-refractivity contribution is -0.123. The second-order valence-electron chi connectivity index (χ2n) is 8.52. The van der Waals surface area contributed by atoms with E-state index >= 15 is 0 Å². The number of hydrogen-bond donors (Lipinski definition) is 2. The molecule has 172 valence electrons. The van der Waals surface area contributed by atoms with Gasteiger partial charge in [0.15, 0.2) is 0 Å². The van der Waals surface area contributed by atoms with E-state index in [0.29, 0.717) is 17.3 Å². The zero-order valence-electron chi connectivity index (χ0n) is 18.5. The lowest BCUT2D eigenvalue weighted by Gasteiger charge is -2.17. The van der Waals surface area contributed by atoms with Gasteiger partial charge in [-0.2, -0.15) is 0 Å². The van der Waals surface area contributed by atoms with Crippen molar-refractivity contribution in [2.24, 2.45) is 0 Å². The number of aryl methyl sites for hydroxylation is 2. The first-order chi connectivity index (χ1) is 15.8. The van der Waals surface area contributed by atoms with Crippen LogP contribution >= 0.6 is 11.6 Å². The average Bonchev–Trinajstić information content (AvgIpc) is 3.61. The molecule has 0 aliphatic heterocycles. The molecule has 0 aromatic heterocycles. The van der Waals surface area contributed by atoms with Crippen molar-refractivity contribution in [3.8, 4) is 0 Å². The molecule has 0 atom stereocenters. The molecule has 0 heterocycles. The number of carbonyl (C=O) groups is 1. The van der Waals surface area contributed by atoms with Gasteiger partial charge < -0.3 is 5.32 Å². The smallest absolute Gasteiger partial charge is 0.261 e. The summed E-state index contributed by atoms with van der Waals surface area (Å²) in [6, 6.07) is 21.9. The molecule has 0 bridgehead atoms. The first-order valence-corrected chi connectivity index (χ1v) is 12.9. The lowest BCUT2D eigenvalue weighted by atomic mass is 9.94. The van der Waals surface area contributed by atoms with Crippen molar-refractivity contribution in [3.63, 3.8) is 0 Å². The topological polar surface area (TPSA) is 75.3 Å². The standard InChI is InChI=1S/C26H27ClN2O3S/c1-19-9-14-23(18-24(19)27)33(31,32)29-22-12-10-21(11-13-22)26(15-16-26)25(30)28-17-5-8-20-6-3-2-4-7-20/h2-4,6-7,9-14,18,29H,5,8,15-17H2,1H3,(H,28,30). The van der Waals surface area contributed by atoms with Gasteiger partial charge >= 0.3 is 0 Å². The maximum Gasteiger partial charge on any atom is 0.261 e. The Balaban J connectivity index is 1.36. The highest BCUT2D eigenvalue weighted by Gasteiger charge is 2.51. The molecule has 1 aliphatic carbocycles. The zero-order chi connectivity index (χ0) is 23.5. The summed E-state index contributed by atoms with van der Waals surface area (Å²) >= 11 is 6.08. The first-order valence-electron chi connectivity index (χ1n) is 11.0. The van der Waals surface area contributed by atoms with Crippen LogP contribution in [-0.2, 0) is 26.7 Å². The minimum atomic E-state index is -3.75. The van der Waals surface area contributed by atoms with Crippen molar-refractivity contribution < 1.29 is 13.2 Å². The Morgan fingerprint density at radius 2 is 1.70 bits per heavy atom. The predicted octanol–water partition coefficient (Wildman–Crippen LogP) is 5.23. The fraction of sp³-hybridized carbons (Fsp3) is 0.269. The molecule has 2 N–H and O–H groups in total. The molecule has 3 aromatic carbocycles. The van der Waals surface area contributed by atoms with E-state index in [9.17, 15) is 13.2 Å². The summed E-state index contributed by atoms with van der Waals surface area (Å²) in [6.45, 7) is 2.45. The molecule has 0 spiro atoms. The van der Waals surface area contributed by atoms with E-state index in [4.69, 9.17) is 11.6 Å². The van der Waals surface area contributed by atoms with Crippen molar-refractivity contribution in [2.45, 2.75) is 42.9 Å². The quantitative estimate of drug-likeness (QED) is 0.410. The third-order valence-electron chi connectivity index (χ3n) is 6.10. The van der Waals surface area contributed by atoms with Gasteiger partial charge in [-0.05, 0) is 73.6 Å². The number of amides is 1. The third-order valence-corrected chi connectivity index (χ3v) is 7.88. The summed E-state index contributed by atoms with van der Waals surface area (Å²) in [5.74, 6) is 0.0400. The number of halogens is 1. The van der Waals surface area contributed by atoms with Gasteiger partial charge in [-0.25, -0.2) is 8.42 Å². The van der Waals surface area contributed by atoms with Crippen LogP contribution in [0, 0.1) is 6.92 Å². The van der Waals surface area contributed by atoms with Gasteiger partial charge in [-0.15, -0.1) is 0 Å². The molecule has 3 aromatic rings. The minimum absolute atomic E-state index is 0.0400. The van der Waals surface area contributed by atoms with Gasteiger partial charge in [0.05, 0.1) is 10.3 Å². The maximum atomic E-state index is 12.9. The molecule has 1 saturated carbocycles. The summed E-state index contributed by atoms with van der Waals surface area (Å²) in [6.07, 6.45) is 3.40. The van der Waals surface area contributed by atoms with Gasteiger partial charge in [0.2, 0.25) is 5.91 Å². The van der Waals surface area contributed by atoms with Crippen LogP contribution in [0.4, 0.5) is 5.69 Å². The van der Waals surface area contributed by atoms with Crippen LogP contribution < -0.4 is 10.0 Å². The van der Waals surface area contributed by atoms with E-state index in [1.165, 1.54) is 17.7 Å². The predicted molar refractivity (Wildman–Crippen MR) is 132 cm³/mol. The van der Waals surface area contributed by atoms with Gasteiger partial charge in [0.25, 0.3) is 10.0 Å². The molecular weight excluding hydrogens is 456 g/mol. The average molecular weight is 483 g/mol. The molecular formula is C26H27ClN2O3S. The van der Waals surface area contributed by atoms with Crippen molar-refractivity contribution in [1.29, 1.82) is 0 Å². The van der Waals surface area contributed by atoms with E-state index in [0.717, 1.165) is 36.8 Å². The highest BCUT2D eigenvalue weighted by molar-refractivity contribution is 7.92. The Hall–Kier alpha value is -2.83. The molecule has 5 nitrogen and oxygen atoms in total. The van der Waals surface area contributed by atoms with E-state index < -0.39 is 15.4 Å². The van der Waals surface area contributed by atoms with E-state index in [1.54, 1.807) is 18.2 Å². The summed E-state index contributed by atoms with van der Waals surface area (Å²) in [5, 5.41) is 3.48. The number of carbonyl (C=O) groups excluding carboxylic acids is 1. The Bertz CT molecular complexity index is 1240. The highest BCUT2D eigenvalue weighted by Crippen LogP contribution is 2.48. The van der Waals surface area contributed by atoms with Crippen molar-refractivity contribution in [1.82, 2.24) is 5.32 Å². The Morgan fingerprint density at radius 3 is 2.33 bits per heavy atom. The second-order valence-corrected chi connectivity index (χ2v) is 10.6. The Labute approximate surface area is 200 Å². The number of hydrogen-bond acceptors (Lipinski definition) is 3. The van der Waals surface area contributed by atoms with Crippen LogP contribution in [0.1, 0.15) is 36.0 Å². The van der Waals surface area contributed by atoms with Crippen molar-refractivity contribution >= 4 is 33.2 Å². The maximum absolute atomic E-state index is 12.9. The highest BCUT2D eigenvalue weighted by atomic mass is 35.5. The summed E-state index contributed by atoms with van der Waals surface area (Å²) in [7, 11) is -3.75. The van der Waals surface area contributed by atoms with E-state index in [2.05, 4.69) is 22.2 Å². The monoisotopic (exact) mass is 482 g/mol. The van der Waals surface area contributed by atoms with E-state index in [1.807, 2.05) is 37.3 Å². The first kappa shape index (κ1) is 23.3. The van der Waals surface area contributed by atoms with E-state index in [-0.39, 0.29) is 10.8 Å². The fourth-order valence-corrected chi connectivity index (χ4v) is 5.22. The Morgan fingerprint density at radius 1 is 1.00 bits per heavy atom. The Kier molecular flexibility index (Phi) is 6.77. The van der Waals surface area contributed by atoms with Crippen LogP contribution in [0.2, 0.25) is 5.02 Å². The van der Waals surface area contributed by atoms with Crippen molar-refractivity contribution in [3.05, 3.63) is 94.5 Å². The lowest BCUT2D eigenvalue weighted by Crippen LogP contribution is -2.35. The van der Waals surface area contributed by atoms with Gasteiger partial charge in [0.1, 0.15) is 0 Å². The zero-order valence-corrected chi connectivity index (χ0v) is 20.0. The molecule has 7 heteroatoms. The minimum Gasteiger partial charge on any atom is -0.355 e. The number of benzene rings is 3. The van der Waals surface area contributed by atoms with Crippen LogP contribution in [0.3, 0.4) is 0 Å². The molecule has 1 aliphatic rings. The SMILES string of the molecule is Cc1ccc(S(=O)(=O)Nc2ccc(C3(C(=O)NCCCc4ccccc4)CC3)cc2)cc1Cl. The van der Waals surface area contributed by atoms with Gasteiger partial charge in [-0.1, -0.05) is 60.1 Å². The number of rotatable bonds is 9. The van der Waals surface area contributed by atoms with Crippen LogP contribution in [-0.4, -0.2) is 20.9 Å². The van der Waals surface area contributed by atoms with Gasteiger partial charge in [0, 0.05) is 17.3 Å². The normalized spacial score (nSPS) is 14.5. The van der Waals surface area contributed by atoms with Crippen LogP contribution in [0.5, 0.6) is 0 Å². The van der Waals surface area contributed by atoms with Crippen LogP contribution in [0.15, 0.2) is 77.7 Å². The summed E-state index contributed by atoms with van der Waals surface area (Å²) < 4.78 is 27.9.